The first-order chi connectivity index (χ1) is 14.3. The quantitative estimate of drug-likeness (QED) is 0.664. The Bertz CT molecular complexity index is 968. The number of anilines is 1. The van der Waals surface area contributed by atoms with Crippen molar-refractivity contribution in [2.75, 3.05) is 31.9 Å². The van der Waals surface area contributed by atoms with E-state index in [1.54, 1.807) is 0 Å². The summed E-state index contributed by atoms with van der Waals surface area (Å²) in [5.74, 6) is 0.594. The maximum atomic E-state index is 6.08. The van der Waals surface area contributed by atoms with Crippen LogP contribution in [-0.2, 0) is 6.54 Å². The molecule has 5 nitrogen and oxygen atoms in total. The molecule has 2 heterocycles. The molecule has 1 aliphatic carbocycles. The number of benzene rings is 2. The van der Waals surface area contributed by atoms with Crippen LogP contribution in [0.3, 0.4) is 0 Å². The van der Waals surface area contributed by atoms with Gasteiger partial charge in [-0.3, -0.25) is 9.80 Å². The molecule has 2 aromatic carbocycles. The topological polar surface area (TPSA) is 58.5 Å². The van der Waals surface area contributed by atoms with Crippen LogP contribution in [0.2, 0.25) is 0 Å². The minimum atomic E-state index is 0.594. The second-order valence-electron chi connectivity index (χ2n) is 8.51. The van der Waals surface area contributed by atoms with Crippen molar-refractivity contribution in [1.82, 2.24) is 14.8 Å². The normalized spacial score (nSPS) is 19.7. The Hall–Kier alpha value is -2.37. The lowest BCUT2D eigenvalue weighted by molar-refractivity contribution is 0.0755. The van der Waals surface area contributed by atoms with Crippen molar-refractivity contribution in [2.24, 2.45) is 0 Å². The average molecular weight is 391 g/mol. The van der Waals surface area contributed by atoms with Gasteiger partial charge < -0.3 is 10.2 Å². The molecule has 0 atom stereocenters. The lowest BCUT2D eigenvalue weighted by Crippen LogP contribution is -2.50. The summed E-state index contributed by atoms with van der Waals surface area (Å²) < 4.78 is 5.95. The first-order valence-corrected chi connectivity index (χ1v) is 11.0. The molecule has 2 fully saturated rings. The number of nitrogens with zero attached hydrogens (tertiary/aromatic N) is 3. The Morgan fingerprint density at radius 2 is 1.76 bits per heavy atom. The van der Waals surface area contributed by atoms with Crippen molar-refractivity contribution in [3.63, 3.8) is 0 Å². The van der Waals surface area contributed by atoms with Gasteiger partial charge in [0.25, 0.3) is 0 Å². The molecule has 0 amide bonds. The summed E-state index contributed by atoms with van der Waals surface area (Å²) in [6, 6.07) is 14.9. The highest BCUT2D eigenvalue weighted by Crippen LogP contribution is 2.29. The minimum Gasteiger partial charge on any atom is -0.436 e. The summed E-state index contributed by atoms with van der Waals surface area (Å²) >= 11 is 0. The third-order valence-corrected chi connectivity index (χ3v) is 6.55. The molecule has 5 heteroatoms. The van der Waals surface area contributed by atoms with Crippen molar-refractivity contribution >= 4 is 16.8 Å². The third-order valence-electron chi connectivity index (χ3n) is 6.55. The maximum Gasteiger partial charge on any atom is 0.229 e. The first-order valence-electron chi connectivity index (χ1n) is 11.0. The molecule has 5 rings (SSSR count). The molecule has 2 N–H and O–H groups in total. The third kappa shape index (κ3) is 4.02. The summed E-state index contributed by atoms with van der Waals surface area (Å²) in [6.45, 7) is 5.69. The van der Waals surface area contributed by atoms with E-state index in [0.29, 0.717) is 11.6 Å². The van der Waals surface area contributed by atoms with Crippen LogP contribution in [0.1, 0.15) is 37.7 Å². The Balaban J connectivity index is 1.25. The van der Waals surface area contributed by atoms with Crippen LogP contribution in [0.15, 0.2) is 46.9 Å². The second-order valence-corrected chi connectivity index (χ2v) is 8.51. The Labute approximate surface area is 172 Å². The van der Waals surface area contributed by atoms with Gasteiger partial charge in [0.15, 0.2) is 5.58 Å². The molecule has 1 aliphatic heterocycles. The summed E-state index contributed by atoms with van der Waals surface area (Å²) in [7, 11) is 0. The summed E-state index contributed by atoms with van der Waals surface area (Å²) in [5, 5.41) is 0. The minimum absolute atomic E-state index is 0.594. The summed E-state index contributed by atoms with van der Waals surface area (Å²) in [5.41, 5.74) is 10.6. The average Bonchev–Trinajstić information content (AvgIpc) is 3.18. The fraction of sp³-hybridized carbons (Fsp3) is 0.458. The fourth-order valence-corrected chi connectivity index (χ4v) is 4.87. The van der Waals surface area contributed by atoms with Crippen molar-refractivity contribution in [3.8, 4) is 11.5 Å². The smallest absolute Gasteiger partial charge is 0.229 e. The molecular formula is C24H30N4O. The fourth-order valence-electron chi connectivity index (χ4n) is 4.87. The number of nitrogen functional groups attached to an aromatic ring is 1. The number of aromatic nitrogens is 1. The maximum absolute atomic E-state index is 6.08. The standard InChI is InChI=1S/C24H30N4O/c25-21-9-5-4-8-20(21)24-26-22-16-18(10-11-23(22)29-24)17-27-12-14-28(15-13-27)19-6-2-1-3-7-19/h4-5,8-11,16,19H,1-3,6-7,12-15,17,25H2. The van der Waals surface area contributed by atoms with Crippen LogP contribution in [0, 0.1) is 0 Å². The van der Waals surface area contributed by atoms with Gasteiger partial charge in [0.1, 0.15) is 5.52 Å². The molecular weight excluding hydrogens is 360 g/mol. The second kappa shape index (κ2) is 8.17. The van der Waals surface area contributed by atoms with Gasteiger partial charge in [-0.2, -0.15) is 0 Å². The van der Waals surface area contributed by atoms with E-state index in [1.165, 1.54) is 50.8 Å². The molecule has 0 radical (unpaired) electrons. The van der Waals surface area contributed by atoms with Gasteiger partial charge in [0, 0.05) is 44.5 Å². The molecule has 0 bridgehead atoms. The zero-order chi connectivity index (χ0) is 19.6. The van der Waals surface area contributed by atoms with Gasteiger partial charge in [-0.25, -0.2) is 4.98 Å². The largest absolute Gasteiger partial charge is 0.436 e. The van der Waals surface area contributed by atoms with Gasteiger partial charge in [-0.05, 0) is 42.7 Å². The highest BCUT2D eigenvalue weighted by molar-refractivity contribution is 5.79. The Morgan fingerprint density at radius 1 is 0.966 bits per heavy atom. The zero-order valence-corrected chi connectivity index (χ0v) is 17.0. The van der Waals surface area contributed by atoms with E-state index in [4.69, 9.17) is 15.1 Å². The predicted molar refractivity (Wildman–Crippen MR) is 118 cm³/mol. The van der Waals surface area contributed by atoms with Crippen LogP contribution >= 0.6 is 0 Å². The van der Waals surface area contributed by atoms with Gasteiger partial charge in [0.05, 0.1) is 5.56 Å². The molecule has 152 valence electrons. The molecule has 1 aromatic heterocycles. The molecule has 3 aromatic rings. The van der Waals surface area contributed by atoms with Crippen molar-refractivity contribution in [3.05, 3.63) is 48.0 Å². The molecule has 1 saturated carbocycles. The molecule has 2 aliphatic rings. The van der Waals surface area contributed by atoms with E-state index < -0.39 is 0 Å². The van der Waals surface area contributed by atoms with E-state index in [1.807, 2.05) is 30.3 Å². The highest BCUT2D eigenvalue weighted by atomic mass is 16.3. The number of piperazine rings is 1. The van der Waals surface area contributed by atoms with Crippen molar-refractivity contribution < 1.29 is 4.42 Å². The zero-order valence-electron chi connectivity index (χ0n) is 17.0. The first kappa shape index (κ1) is 18.6. The van der Waals surface area contributed by atoms with Gasteiger partial charge in [-0.15, -0.1) is 0 Å². The number of hydrogen-bond donors (Lipinski definition) is 1. The SMILES string of the molecule is Nc1ccccc1-c1nc2cc(CN3CCN(C4CCCCC4)CC3)ccc2o1. The number of nitrogens with two attached hydrogens (primary N) is 1. The van der Waals surface area contributed by atoms with E-state index in [2.05, 4.69) is 21.9 Å². The van der Waals surface area contributed by atoms with E-state index in [9.17, 15) is 0 Å². The van der Waals surface area contributed by atoms with Gasteiger partial charge in [0.2, 0.25) is 5.89 Å². The highest BCUT2D eigenvalue weighted by Gasteiger charge is 2.25. The van der Waals surface area contributed by atoms with Crippen LogP contribution in [-0.4, -0.2) is 47.0 Å². The molecule has 0 unspecified atom stereocenters. The van der Waals surface area contributed by atoms with Crippen molar-refractivity contribution in [2.45, 2.75) is 44.7 Å². The van der Waals surface area contributed by atoms with Gasteiger partial charge >= 0.3 is 0 Å². The lowest BCUT2D eigenvalue weighted by Gasteiger charge is -2.40. The van der Waals surface area contributed by atoms with Crippen LogP contribution in [0.5, 0.6) is 0 Å². The van der Waals surface area contributed by atoms with E-state index in [-0.39, 0.29) is 0 Å². The Morgan fingerprint density at radius 3 is 2.55 bits per heavy atom. The molecule has 29 heavy (non-hydrogen) atoms. The summed E-state index contributed by atoms with van der Waals surface area (Å²) in [6.07, 6.45) is 7.06. The van der Waals surface area contributed by atoms with Crippen LogP contribution in [0.25, 0.3) is 22.6 Å². The molecule has 1 saturated heterocycles. The number of rotatable bonds is 4. The number of oxazole rings is 1. The number of para-hydroxylation sites is 1. The lowest BCUT2D eigenvalue weighted by atomic mass is 9.94. The van der Waals surface area contributed by atoms with Crippen LogP contribution in [0.4, 0.5) is 5.69 Å². The van der Waals surface area contributed by atoms with E-state index in [0.717, 1.165) is 42.3 Å². The summed E-state index contributed by atoms with van der Waals surface area (Å²) in [4.78, 5) is 9.99. The predicted octanol–water partition coefficient (Wildman–Crippen LogP) is 4.53. The van der Waals surface area contributed by atoms with Crippen LogP contribution < -0.4 is 5.73 Å². The number of hydrogen-bond acceptors (Lipinski definition) is 5. The molecule has 0 spiro atoms. The number of fused-ring (bicyclic) bond motifs is 1. The monoisotopic (exact) mass is 390 g/mol. The van der Waals surface area contributed by atoms with Gasteiger partial charge in [-0.1, -0.05) is 37.5 Å². The Kier molecular flexibility index (Phi) is 5.25. The van der Waals surface area contributed by atoms with Crippen molar-refractivity contribution in [1.29, 1.82) is 0 Å². The van der Waals surface area contributed by atoms with E-state index >= 15 is 0 Å².